The van der Waals surface area contributed by atoms with Gasteiger partial charge in [0.1, 0.15) is 0 Å². The van der Waals surface area contributed by atoms with Crippen molar-refractivity contribution < 1.29 is 13.3 Å². The third-order valence-corrected chi connectivity index (χ3v) is 5.50. The molecule has 2 unspecified atom stereocenters. The van der Waals surface area contributed by atoms with E-state index in [2.05, 4.69) is 27.7 Å². The van der Waals surface area contributed by atoms with Crippen molar-refractivity contribution in [2.45, 2.75) is 105 Å². The second-order valence-corrected chi connectivity index (χ2v) is 8.25. The molecule has 0 N–H and O–H groups in total. The molecular formula is C20H42O3Si. The Balaban J connectivity index is 4.00. The highest BCUT2D eigenvalue weighted by Crippen LogP contribution is 2.18. The Morgan fingerprint density at radius 1 is 0.625 bits per heavy atom. The molecule has 0 fully saturated rings. The lowest BCUT2D eigenvalue weighted by Crippen LogP contribution is -2.21. The third-order valence-electron chi connectivity index (χ3n) is 4.70. The van der Waals surface area contributed by atoms with E-state index in [-0.39, 0.29) is 0 Å². The minimum absolute atomic E-state index is 0.537. The van der Waals surface area contributed by atoms with Gasteiger partial charge in [0.15, 0.2) is 0 Å². The van der Waals surface area contributed by atoms with Crippen LogP contribution in [0.25, 0.3) is 0 Å². The molecule has 0 saturated heterocycles. The predicted octanol–water partition coefficient (Wildman–Crippen LogP) is 6.43. The van der Waals surface area contributed by atoms with Crippen LogP contribution in [0.1, 0.15) is 105 Å². The maximum atomic E-state index is 12.1. The summed E-state index contributed by atoms with van der Waals surface area (Å²) >= 11 is 0. The summed E-state index contributed by atoms with van der Waals surface area (Å²) in [5.74, 6) is 1.07. The van der Waals surface area contributed by atoms with Gasteiger partial charge in [0.2, 0.25) is 0 Å². The Kier molecular flexibility index (Phi) is 17.2. The average molecular weight is 359 g/mol. The predicted molar refractivity (Wildman–Crippen MR) is 103 cm³/mol. The lowest BCUT2D eigenvalue weighted by molar-refractivity contribution is 0.119. The number of unbranched alkanes of at least 4 members (excludes halogenated alkanes) is 4. The van der Waals surface area contributed by atoms with Crippen LogP contribution in [0.4, 0.5) is 0 Å². The first kappa shape index (κ1) is 23.6. The van der Waals surface area contributed by atoms with Gasteiger partial charge in [-0.2, -0.15) is 0 Å². The average Bonchev–Trinajstić information content (AvgIpc) is 2.58. The smallest absolute Gasteiger partial charge is 0.496 e. The van der Waals surface area contributed by atoms with Gasteiger partial charge in [-0.1, -0.05) is 79.1 Å². The molecule has 0 saturated carbocycles. The van der Waals surface area contributed by atoms with Crippen LogP contribution in [0, 0.1) is 11.8 Å². The zero-order chi connectivity index (χ0) is 18.0. The van der Waals surface area contributed by atoms with E-state index in [1.165, 1.54) is 51.4 Å². The molecule has 0 aliphatic heterocycles. The Labute approximate surface area is 152 Å². The van der Waals surface area contributed by atoms with Gasteiger partial charge in [-0.05, 0) is 37.5 Å². The summed E-state index contributed by atoms with van der Waals surface area (Å²) < 4.78 is 23.2. The summed E-state index contributed by atoms with van der Waals surface area (Å²) in [5.41, 5.74) is 0. The summed E-state index contributed by atoms with van der Waals surface area (Å²) in [4.78, 5) is 0. The van der Waals surface area contributed by atoms with E-state index in [4.69, 9.17) is 8.85 Å². The molecule has 0 rings (SSSR count). The van der Waals surface area contributed by atoms with Gasteiger partial charge in [0.25, 0.3) is 0 Å². The second-order valence-electron chi connectivity index (χ2n) is 7.17. The van der Waals surface area contributed by atoms with Crippen LogP contribution in [0.2, 0.25) is 0 Å². The van der Waals surface area contributed by atoms with Crippen LogP contribution in [-0.4, -0.2) is 22.4 Å². The van der Waals surface area contributed by atoms with Gasteiger partial charge in [-0.15, -0.1) is 0 Å². The van der Waals surface area contributed by atoms with E-state index in [0.717, 1.165) is 25.7 Å². The molecule has 3 nitrogen and oxygen atoms in total. The number of hydrogen-bond acceptors (Lipinski definition) is 3. The van der Waals surface area contributed by atoms with E-state index in [1.54, 1.807) is 0 Å². The highest BCUT2D eigenvalue weighted by Gasteiger charge is 2.18. The van der Waals surface area contributed by atoms with Crippen molar-refractivity contribution in [2.24, 2.45) is 11.8 Å². The van der Waals surface area contributed by atoms with Crippen molar-refractivity contribution in [1.29, 1.82) is 0 Å². The van der Waals surface area contributed by atoms with Gasteiger partial charge >= 0.3 is 9.17 Å². The van der Waals surface area contributed by atoms with Gasteiger partial charge in [0.05, 0.1) is 13.2 Å². The molecule has 0 radical (unpaired) electrons. The molecule has 0 aliphatic carbocycles. The van der Waals surface area contributed by atoms with Gasteiger partial charge in [-0.3, -0.25) is 4.46 Å². The van der Waals surface area contributed by atoms with Crippen molar-refractivity contribution >= 4 is 9.17 Å². The van der Waals surface area contributed by atoms with Gasteiger partial charge in [-0.25, -0.2) is 0 Å². The molecule has 2 atom stereocenters. The highest BCUT2D eigenvalue weighted by atomic mass is 28.3. The molecule has 0 aliphatic rings. The summed E-state index contributed by atoms with van der Waals surface area (Å²) in [5, 5.41) is 0. The van der Waals surface area contributed by atoms with Crippen molar-refractivity contribution in [3.05, 3.63) is 0 Å². The number of hydrogen-bond donors (Lipinski definition) is 0. The Hall–Kier alpha value is -0.383. The zero-order valence-corrected chi connectivity index (χ0v) is 17.8. The van der Waals surface area contributed by atoms with Crippen LogP contribution >= 0.6 is 0 Å². The lowest BCUT2D eigenvalue weighted by Gasteiger charge is -2.18. The van der Waals surface area contributed by atoms with E-state index < -0.39 is 9.17 Å². The largest absolute Gasteiger partial charge is 0.767 e. The topological polar surface area (TPSA) is 35.5 Å². The normalized spacial score (nSPS) is 13.5. The standard InChI is InChI=1S/C20H42O3Si/c1-5-9-11-15-19(13-7-3)17-22-24(21)23-18-20(14-8-4)16-12-10-6-2/h19-20H,5-18H2,1-4H3. The molecule has 0 amide bonds. The van der Waals surface area contributed by atoms with E-state index in [0.29, 0.717) is 25.0 Å². The quantitative estimate of drug-likeness (QED) is 0.209. The van der Waals surface area contributed by atoms with E-state index in [9.17, 15) is 4.46 Å². The first-order valence-corrected chi connectivity index (χ1v) is 11.7. The molecular weight excluding hydrogens is 316 g/mol. The molecule has 0 spiro atoms. The summed E-state index contributed by atoms with van der Waals surface area (Å²) in [6, 6.07) is 0. The Morgan fingerprint density at radius 3 is 1.38 bits per heavy atom. The van der Waals surface area contributed by atoms with Crippen LogP contribution in [0.5, 0.6) is 0 Å². The summed E-state index contributed by atoms with van der Waals surface area (Å²) in [7, 11) is -2.33. The molecule has 24 heavy (non-hydrogen) atoms. The van der Waals surface area contributed by atoms with Gasteiger partial charge in [0, 0.05) is 0 Å². The van der Waals surface area contributed by atoms with E-state index >= 15 is 0 Å². The van der Waals surface area contributed by atoms with Crippen molar-refractivity contribution in [1.82, 2.24) is 0 Å². The Bertz CT molecular complexity index is 258. The van der Waals surface area contributed by atoms with Crippen LogP contribution in [-0.2, 0) is 13.3 Å². The molecule has 0 heterocycles. The van der Waals surface area contributed by atoms with Crippen molar-refractivity contribution in [3.63, 3.8) is 0 Å². The first-order valence-electron chi connectivity index (χ1n) is 10.5. The summed E-state index contributed by atoms with van der Waals surface area (Å²) in [6.07, 6.45) is 14.6. The fourth-order valence-electron chi connectivity index (χ4n) is 3.22. The number of rotatable bonds is 18. The zero-order valence-electron chi connectivity index (χ0n) is 16.8. The van der Waals surface area contributed by atoms with Crippen LogP contribution < -0.4 is 0 Å². The summed E-state index contributed by atoms with van der Waals surface area (Å²) in [6.45, 7) is 10.1. The minimum Gasteiger partial charge on any atom is -0.496 e. The molecule has 4 heteroatoms. The van der Waals surface area contributed by atoms with Crippen molar-refractivity contribution in [3.8, 4) is 0 Å². The third kappa shape index (κ3) is 14.0. The minimum atomic E-state index is -2.33. The SMILES string of the molecule is CCCCCC(CCC)CO[Si](=O)OCC(CCC)CCCCC. The molecule has 0 bridgehead atoms. The van der Waals surface area contributed by atoms with Crippen molar-refractivity contribution in [2.75, 3.05) is 13.2 Å². The second kappa shape index (κ2) is 17.4. The molecule has 0 aromatic heterocycles. The van der Waals surface area contributed by atoms with Crippen LogP contribution in [0.15, 0.2) is 0 Å². The Morgan fingerprint density at radius 2 is 1.04 bits per heavy atom. The fourth-order valence-corrected chi connectivity index (χ4v) is 4.04. The van der Waals surface area contributed by atoms with Crippen LogP contribution in [0.3, 0.4) is 0 Å². The fraction of sp³-hybridized carbons (Fsp3) is 1.00. The monoisotopic (exact) mass is 358 g/mol. The highest BCUT2D eigenvalue weighted by molar-refractivity contribution is 6.26. The lowest BCUT2D eigenvalue weighted by atomic mass is 9.98. The first-order chi connectivity index (χ1) is 11.7. The maximum absolute atomic E-state index is 12.1. The molecule has 144 valence electrons. The van der Waals surface area contributed by atoms with E-state index in [1.807, 2.05) is 0 Å². The maximum Gasteiger partial charge on any atom is 0.767 e. The molecule has 0 aromatic carbocycles. The van der Waals surface area contributed by atoms with Gasteiger partial charge < -0.3 is 8.85 Å². The molecule has 0 aromatic rings.